The van der Waals surface area contributed by atoms with Crippen LogP contribution < -0.4 is 5.32 Å². The number of aromatic amines is 1. The first-order valence-corrected chi connectivity index (χ1v) is 6.26. The molecule has 20 heavy (non-hydrogen) atoms. The fourth-order valence-electron chi connectivity index (χ4n) is 2.26. The van der Waals surface area contributed by atoms with Gasteiger partial charge in [-0.05, 0) is 35.9 Å². The lowest BCUT2D eigenvalue weighted by Gasteiger charge is -2.09. The lowest BCUT2D eigenvalue weighted by Crippen LogP contribution is -2.02. The Morgan fingerprint density at radius 2 is 2.10 bits per heavy atom. The van der Waals surface area contributed by atoms with Crippen molar-refractivity contribution in [3.63, 3.8) is 0 Å². The topological polar surface area (TPSA) is 51.6 Å². The van der Waals surface area contributed by atoms with Gasteiger partial charge in [0, 0.05) is 23.6 Å². The molecule has 1 aromatic heterocycles. The summed E-state index contributed by atoms with van der Waals surface area (Å²) in [6.07, 6.45) is 1.90. The minimum Gasteiger partial charge on any atom is -0.380 e. The molecule has 3 rings (SSSR count). The van der Waals surface area contributed by atoms with Crippen LogP contribution in [0, 0.1) is 17.1 Å². The van der Waals surface area contributed by atoms with Crippen LogP contribution in [0.25, 0.3) is 10.9 Å². The number of benzene rings is 2. The van der Waals surface area contributed by atoms with Gasteiger partial charge in [-0.25, -0.2) is 4.39 Å². The molecule has 4 heteroatoms. The van der Waals surface area contributed by atoms with Gasteiger partial charge in [0.15, 0.2) is 0 Å². The number of hydrogen-bond donors (Lipinski definition) is 2. The van der Waals surface area contributed by atoms with Crippen LogP contribution in [0.15, 0.2) is 48.7 Å². The number of fused-ring (bicyclic) bond motifs is 1. The molecular formula is C16H12FN3. The van der Waals surface area contributed by atoms with Crippen LogP contribution in [0.3, 0.4) is 0 Å². The summed E-state index contributed by atoms with van der Waals surface area (Å²) in [5.41, 5.74) is 3.15. The highest BCUT2D eigenvalue weighted by Gasteiger charge is 2.05. The second-order valence-corrected chi connectivity index (χ2v) is 4.51. The molecule has 0 bridgehead atoms. The van der Waals surface area contributed by atoms with Crippen molar-refractivity contribution in [3.8, 4) is 6.07 Å². The van der Waals surface area contributed by atoms with Crippen molar-refractivity contribution in [1.29, 1.82) is 5.26 Å². The summed E-state index contributed by atoms with van der Waals surface area (Å²) in [5, 5.41) is 13.3. The molecule has 0 aliphatic heterocycles. The van der Waals surface area contributed by atoms with Crippen molar-refractivity contribution in [2.45, 2.75) is 6.54 Å². The Labute approximate surface area is 115 Å². The summed E-state index contributed by atoms with van der Waals surface area (Å²) in [6, 6.07) is 14.2. The summed E-state index contributed by atoms with van der Waals surface area (Å²) < 4.78 is 13.1. The minimum atomic E-state index is -0.403. The number of aromatic nitrogens is 1. The molecule has 0 radical (unpaired) electrons. The molecule has 0 amide bonds. The summed E-state index contributed by atoms with van der Waals surface area (Å²) in [4.78, 5) is 3.16. The van der Waals surface area contributed by atoms with Crippen LogP contribution in [-0.2, 0) is 6.54 Å². The van der Waals surface area contributed by atoms with E-state index in [-0.39, 0.29) is 0 Å². The van der Waals surface area contributed by atoms with Crippen molar-refractivity contribution in [3.05, 3.63) is 65.6 Å². The first kappa shape index (κ1) is 12.2. The molecule has 2 aromatic carbocycles. The molecule has 0 fully saturated rings. The van der Waals surface area contributed by atoms with Gasteiger partial charge in [0.25, 0.3) is 0 Å². The smallest absolute Gasteiger partial charge is 0.124 e. The highest BCUT2D eigenvalue weighted by Crippen LogP contribution is 2.21. The largest absolute Gasteiger partial charge is 0.380 e. The molecule has 0 saturated heterocycles. The van der Waals surface area contributed by atoms with E-state index in [1.165, 1.54) is 12.1 Å². The zero-order valence-electron chi connectivity index (χ0n) is 10.7. The summed E-state index contributed by atoms with van der Waals surface area (Å²) in [5.74, 6) is -0.403. The van der Waals surface area contributed by atoms with Crippen LogP contribution in [0.4, 0.5) is 10.1 Å². The summed E-state index contributed by atoms with van der Waals surface area (Å²) in [7, 11) is 0. The Kier molecular flexibility index (Phi) is 3.10. The van der Waals surface area contributed by atoms with E-state index in [0.29, 0.717) is 17.8 Å². The van der Waals surface area contributed by atoms with Gasteiger partial charge in [0.05, 0.1) is 11.3 Å². The van der Waals surface area contributed by atoms with Gasteiger partial charge in [-0.1, -0.05) is 12.1 Å². The molecule has 0 aliphatic carbocycles. The van der Waals surface area contributed by atoms with E-state index in [0.717, 1.165) is 16.5 Å². The zero-order chi connectivity index (χ0) is 13.9. The van der Waals surface area contributed by atoms with Crippen LogP contribution in [0.1, 0.15) is 11.1 Å². The zero-order valence-corrected chi connectivity index (χ0v) is 10.7. The normalized spacial score (nSPS) is 10.4. The summed E-state index contributed by atoms with van der Waals surface area (Å²) >= 11 is 0. The van der Waals surface area contributed by atoms with Crippen molar-refractivity contribution >= 4 is 16.6 Å². The second-order valence-electron chi connectivity index (χ2n) is 4.51. The van der Waals surface area contributed by atoms with Crippen molar-refractivity contribution in [2.24, 2.45) is 0 Å². The fraction of sp³-hybridized carbons (Fsp3) is 0.0625. The number of H-pyrrole nitrogens is 1. The number of nitrogens with one attached hydrogen (secondary N) is 2. The molecule has 0 saturated carbocycles. The third-order valence-electron chi connectivity index (χ3n) is 3.26. The van der Waals surface area contributed by atoms with Gasteiger partial charge in [0.2, 0.25) is 0 Å². The quantitative estimate of drug-likeness (QED) is 0.757. The van der Waals surface area contributed by atoms with Crippen LogP contribution in [-0.4, -0.2) is 4.98 Å². The number of rotatable bonds is 3. The third kappa shape index (κ3) is 2.21. The number of anilines is 1. The first-order chi connectivity index (χ1) is 9.78. The minimum absolute atomic E-state index is 0.311. The third-order valence-corrected chi connectivity index (χ3v) is 3.26. The molecule has 3 aromatic rings. The Morgan fingerprint density at radius 3 is 2.95 bits per heavy atom. The van der Waals surface area contributed by atoms with Crippen molar-refractivity contribution < 1.29 is 4.39 Å². The Balaban J connectivity index is 1.87. The van der Waals surface area contributed by atoms with E-state index in [4.69, 9.17) is 5.26 Å². The molecule has 3 nitrogen and oxygen atoms in total. The van der Waals surface area contributed by atoms with E-state index in [1.807, 2.05) is 36.5 Å². The molecule has 1 heterocycles. The maximum atomic E-state index is 13.1. The summed E-state index contributed by atoms with van der Waals surface area (Å²) in [6.45, 7) is 0.579. The molecular weight excluding hydrogens is 253 g/mol. The van der Waals surface area contributed by atoms with Gasteiger partial charge in [-0.3, -0.25) is 0 Å². The number of nitrogens with zero attached hydrogens (tertiary/aromatic N) is 1. The number of nitriles is 1. The lowest BCUT2D eigenvalue weighted by molar-refractivity contribution is 0.627. The van der Waals surface area contributed by atoms with Crippen LogP contribution in [0.5, 0.6) is 0 Å². The fourth-order valence-corrected chi connectivity index (χ4v) is 2.26. The number of hydrogen-bond acceptors (Lipinski definition) is 2. The van der Waals surface area contributed by atoms with Crippen molar-refractivity contribution in [2.75, 3.05) is 5.32 Å². The van der Waals surface area contributed by atoms with E-state index in [2.05, 4.69) is 10.3 Å². The molecule has 2 N–H and O–H groups in total. The number of halogens is 1. The standard InChI is InChI=1S/C16H12FN3/c17-13-4-5-15(12(8-13)9-18)20-10-11-2-1-3-16-14(11)6-7-19-16/h1-8,19-20H,10H2. The highest BCUT2D eigenvalue weighted by molar-refractivity contribution is 5.83. The molecule has 98 valence electrons. The van der Waals surface area contributed by atoms with Gasteiger partial charge in [-0.2, -0.15) is 5.26 Å². The van der Waals surface area contributed by atoms with Gasteiger partial charge in [0.1, 0.15) is 11.9 Å². The molecule has 0 unspecified atom stereocenters. The first-order valence-electron chi connectivity index (χ1n) is 6.26. The van der Waals surface area contributed by atoms with Gasteiger partial charge >= 0.3 is 0 Å². The van der Waals surface area contributed by atoms with Crippen LogP contribution in [0.2, 0.25) is 0 Å². The average Bonchev–Trinajstić information content (AvgIpc) is 2.94. The molecule has 0 aliphatic rings. The SMILES string of the molecule is N#Cc1cc(F)ccc1NCc1cccc2[nH]ccc12. The lowest BCUT2D eigenvalue weighted by atomic mass is 10.1. The van der Waals surface area contributed by atoms with Crippen molar-refractivity contribution in [1.82, 2.24) is 4.98 Å². The highest BCUT2D eigenvalue weighted by atomic mass is 19.1. The molecule has 0 spiro atoms. The van der Waals surface area contributed by atoms with Crippen LogP contribution >= 0.6 is 0 Å². The Hall–Kier alpha value is -2.80. The van der Waals surface area contributed by atoms with E-state index >= 15 is 0 Å². The molecule has 0 atom stereocenters. The van der Waals surface area contributed by atoms with E-state index in [1.54, 1.807) is 6.07 Å². The average molecular weight is 265 g/mol. The predicted molar refractivity (Wildman–Crippen MR) is 76.7 cm³/mol. The van der Waals surface area contributed by atoms with Gasteiger partial charge < -0.3 is 10.3 Å². The Morgan fingerprint density at radius 1 is 1.20 bits per heavy atom. The Bertz CT molecular complexity index is 799. The monoisotopic (exact) mass is 265 g/mol. The van der Waals surface area contributed by atoms with Gasteiger partial charge in [-0.15, -0.1) is 0 Å². The maximum Gasteiger partial charge on any atom is 0.124 e. The predicted octanol–water partition coefficient (Wildman–Crippen LogP) is 3.79. The maximum absolute atomic E-state index is 13.1. The van der Waals surface area contributed by atoms with E-state index < -0.39 is 5.82 Å². The van der Waals surface area contributed by atoms with E-state index in [9.17, 15) is 4.39 Å². The second kappa shape index (κ2) is 5.06.